The van der Waals surface area contributed by atoms with Gasteiger partial charge in [-0.2, -0.15) is 10.5 Å². The van der Waals surface area contributed by atoms with Crippen LogP contribution in [-0.4, -0.2) is 33.6 Å². The number of para-hydroxylation sites is 1. The van der Waals surface area contributed by atoms with E-state index in [0.717, 1.165) is 0 Å². The average Bonchev–Trinajstić information content (AvgIpc) is 2.90. The standard InChI is InChI=1S/C20H15N3O5.C7H5N/c21-11-16-15-10-13(28-12-4-2-1-3-5-12)6-7-14(15)19(26)18(23-16)20(27)22-9-8-17(24)25;8-6-7-4-2-1-3-5-7/h1-7,10,26H,8-9H2,(H,22,27)(H,24,25);1-5H. The predicted molar refractivity (Wildman–Crippen MR) is 130 cm³/mol. The highest BCUT2D eigenvalue weighted by Crippen LogP contribution is 2.33. The molecule has 4 rings (SSSR count). The lowest BCUT2D eigenvalue weighted by atomic mass is 10.1. The Morgan fingerprint density at radius 1 is 0.889 bits per heavy atom. The van der Waals surface area contributed by atoms with E-state index in [-0.39, 0.29) is 29.7 Å². The molecule has 1 aromatic heterocycles. The minimum Gasteiger partial charge on any atom is -0.505 e. The minimum absolute atomic E-state index is 0.0605. The molecule has 36 heavy (non-hydrogen) atoms. The van der Waals surface area contributed by atoms with E-state index in [1.165, 1.54) is 6.07 Å². The molecule has 4 aromatic rings. The van der Waals surface area contributed by atoms with Crippen LogP contribution in [0.15, 0.2) is 78.9 Å². The smallest absolute Gasteiger partial charge is 0.305 e. The number of rotatable bonds is 6. The van der Waals surface area contributed by atoms with Gasteiger partial charge in [0.1, 0.15) is 23.3 Å². The molecular weight excluding hydrogens is 460 g/mol. The van der Waals surface area contributed by atoms with Crippen molar-refractivity contribution in [2.75, 3.05) is 6.54 Å². The van der Waals surface area contributed by atoms with E-state index in [1.54, 1.807) is 36.4 Å². The van der Waals surface area contributed by atoms with Gasteiger partial charge >= 0.3 is 5.97 Å². The molecule has 178 valence electrons. The van der Waals surface area contributed by atoms with E-state index in [2.05, 4.69) is 10.3 Å². The second-order valence-corrected chi connectivity index (χ2v) is 7.27. The fourth-order valence-electron chi connectivity index (χ4n) is 3.09. The third kappa shape index (κ3) is 6.56. The minimum atomic E-state index is -1.07. The molecule has 0 fully saturated rings. The maximum Gasteiger partial charge on any atom is 0.305 e. The van der Waals surface area contributed by atoms with E-state index in [0.29, 0.717) is 22.4 Å². The Balaban J connectivity index is 0.000000383. The lowest BCUT2D eigenvalue weighted by molar-refractivity contribution is -0.136. The number of fused-ring (bicyclic) bond motifs is 1. The van der Waals surface area contributed by atoms with Crippen molar-refractivity contribution in [1.29, 1.82) is 10.5 Å². The molecule has 0 aliphatic heterocycles. The Kier molecular flexibility index (Phi) is 8.52. The number of nitriles is 2. The number of amides is 1. The summed E-state index contributed by atoms with van der Waals surface area (Å²) >= 11 is 0. The van der Waals surface area contributed by atoms with E-state index >= 15 is 0 Å². The zero-order valence-corrected chi connectivity index (χ0v) is 18.9. The number of hydrogen-bond acceptors (Lipinski definition) is 7. The van der Waals surface area contributed by atoms with E-state index < -0.39 is 17.6 Å². The fourth-order valence-corrected chi connectivity index (χ4v) is 3.09. The van der Waals surface area contributed by atoms with Gasteiger partial charge in [0.2, 0.25) is 0 Å². The quantitative estimate of drug-likeness (QED) is 0.367. The third-order valence-electron chi connectivity index (χ3n) is 4.78. The number of benzene rings is 3. The second-order valence-electron chi connectivity index (χ2n) is 7.27. The molecule has 0 radical (unpaired) electrons. The van der Waals surface area contributed by atoms with Crippen LogP contribution in [-0.2, 0) is 4.79 Å². The van der Waals surface area contributed by atoms with Crippen molar-refractivity contribution < 1.29 is 24.5 Å². The molecule has 0 saturated heterocycles. The lowest BCUT2D eigenvalue weighted by Crippen LogP contribution is -2.27. The molecule has 9 heteroatoms. The number of nitrogens with zero attached hydrogens (tertiary/aromatic N) is 3. The zero-order chi connectivity index (χ0) is 25.9. The SMILES string of the molecule is N#Cc1ccccc1.N#Cc1nc(C(=O)NCCC(=O)O)c(O)c2ccc(Oc3ccccc3)cc12. The average molecular weight is 480 g/mol. The van der Waals surface area contributed by atoms with Gasteiger partial charge in [0.25, 0.3) is 5.91 Å². The van der Waals surface area contributed by atoms with E-state index in [4.69, 9.17) is 15.1 Å². The summed E-state index contributed by atoms with van der Waals surface area (Å²) in [6.45, 7) is -0.126. The van der Waals surface area contributed by atoms with Crippen LogP contribution in [0.1, 0.15) is 28.2 Å². The van der Waals surface area contributed by atoms with Crippen LogP contribution >= 0.6 is 0 Å². The summed E-state index contributed by atoms with van der Waals surface area (Å²) in [4.78, 5) is 26.7. The molecule has 1 amide bonds. The first kappa shape index (κ1) is 25.2. The van der Waals surface area contributed by atoms with E-state index in [1.807, 2.05) is 48.5 Å². The number of carboxylic acids is 1. The van der Waals surface area contributed by atoms with Gasteiger partial charge in [0.15, 0.2) is 11.4 Å². The first-order chi connectivity index (χ1) is 17.4. The Morgan fingerprint density at radius 2 is 1.56 bits per heavy atom. The van der Waals surface area contributed by atoms with Gasteiger partial charge in [0, 0.05) is 17.3 Å². The molecule has 0 aliphatic rings. The summed E-state index contributed by atoms with van der Waals surface area (Å²) in [6.07, 6.45) is -0.272. The normalized spacial score (nSPS) is 9.72. The molecule has 0 saturated carbocycles. The van der Waals surface area contributed by atoms with Crippen molar-refractivity contribution in [1.82, 2.24) is 10.3 Å². The largest absolute Gasteiger partial charge is 0.505 e. The molecule has 0 bridgehead atoms. The second kappa shape index (κ2) is 12.2. The van der Waals surface area contributed by atoms with Gasteiger partial charge in [-0.25, -0.2) is 4.98 Å². The van der Waals surface area contributed by atoms with Gasteiger partial charge in [-0.05, 0) is 42.5 Å². The Bertz CT molecular complexity index is 1460. The molecule has 3 aromatic carbocycles. The van der Waals surface area contributed by atoms with Crippen LogP contribution in [0.25, 0.3) is 10.8 Å². The van der Waals surface area contributed by atoms with Crippen LogP contribution in [0.4, 0.5) is 0 Å². The van der Waals surface area contributed by atoms with Gasteiger partial charge in [-0.15, -0.1) is 0 Å². The number of hydrogen-bond donors (Lipinski definition) is 3. The third-order valence-corrected chi connectivity index (χ3v) is 4.78. The van der Waals surface area contributed by atoms with Crippen molar-refractivity contribution in [3.05, 3.63) is 95.8 Å². The van der Waals surface area contributed by atoms with Gasteiger partial charge in [-0.3, -0.25) is 9.59 Å². The van der Waals surface area contributed by atoms with Crippen molar-refractivity contribution in [2.45, 2.75) is 6.42 Å². The number of aliphatic carboxylic acids is 1. The number of ether oxygens (including phenoxy) is 1. The highest BCUT2D eigenvalue weighted by atomic mass is 16.5. The zero-order valence-electron chi connectivity index (χ0n) is 18.9. The van der Waals surface area contributed by atoms with E-state index in [9.17, 15) is 20.0 Å². The summed E-state index contributed by atoms with van der Waals surface area (Å²) in [6, 6.07) is 26.8. The summed E-state index contributed by atoms with van der Waals surface area (Å²) in [5.74, 6) is -1.18. The summed E-state index contributed by atoms with van der Waals surface area (Å²) in [5.41, 5.74) is 0.313. The summed E-state index contributed by atoms with van der Waals surface area (Å²) in [7, 11) is 0. The lowest BCUT2D eigenvalue weighted by Gasteiger charge is -2.11. The van der Waals surface area contributed by atoms with Crippen LogP contribution in [0.3, 0.4) is 0 Å². The van der Waals surface area contributed by atoms with Crippen molar-refractivity contribution in [2.24, 2.45) is 0 Å². The highest BCUT2D eigenvalue weighted by Gasteiger charge is 2.19. The monoisotopic (exact) mass is 480 g/mol. The summed E-state index contributed by atoms with van der Waals surface area (Å²) < 4.78 is 5.73. The van der Waals surface area contributed by atoms with Crippen molar-refractivity contribution in [3.63, 3.8) is 0 Å². The maximum absolute atomic E-state index is 12.2. The molecule has 0 unspecified atom stereocenters. The van der Waals surface area contributed by atoms with Crippen LogP contribution in [0.5, 0.6) is 17.2 Å². The molecule has 9 nitrogen and oxygen atoms in total. The topological polar surface area (TPSA) is 156 Å². The first-order valence-electron chi connectivity index (χ1n) is 10.7. The number of aromatic nitrogens is 1. The number of aromatic hydroxyl groups is 1. The molecule has 3 N–H and O–H groups in total. The highest BCUT2D eigenvalue weighted by molar-refractivity contribution is 6.03. The van der Waals surface area contributed by atoms with Crippen LogP contribution in [0, 0.1) is 22.7 Å². The van der Waals surface area contributed by atoms with Crippen LogP contribution in [0.2, 0.25) is 0 Å². The molecule has 1 heterocycles. The number of carbonyl (C=O) groups is 2. The number of carbonyl (C=O) groups excluding carboxylic acids is 1. The van der Waals surface area contributed by atoms with Gasteiger partial charge in [-0.1, -0.05) is 36.4 Å². The van der Waals surface area contributed by atoms with Crippen molar-refractivity contribution >= 4 is 22.6 Å². The Hall–Kier alpha value is -5.41. The fraction of sp³-hybridized carbons (Fsp3) is 0.0741. The number of carboxylic acid groups (broad SMARTS) is 1. The Labute approximate surface area is 206 Å². The van der Waals surface area contributed by atoms with Gasteiger partial charge in [0.05, 0.1) is 18.1 Å². The Morgan fingerprint density at radius 3 is 2.14 bits per heavy atom. The number of pyridine rings is 1. The molecular formula is C27H20N4O5. The maximum atomic E-state index is 12.2. The van der Waals surface area contributed by atoms with Crippen molar-refractivity contribution in [3.8, 4) is 29.4 Å². The first-order valence-corrected chi connectivity index (χ1v) is 10.7. The van der Waals surface area contributed by atoms with Gasteiger partial charge < -0.3 is 20.3 Å². The molecule has 0 atom stereocenters. The predicted octanol–water partition coefficient (Wildman–Crippen LogP) is 4.37. The number of nitrogens with one attached hydrogen (secondary N) is 1. The molecule has 0 spiro atoms. The van der Waals surface area contributed by atoms with Crippen LogP contribution < -0.4 is 10.1 Å². The molecule has 0 aliphatic carbocycles. The summed E-state index contributed by atoms with van der Waals surface area (Å²) in [5, 5.41) is 39.7.